The molecule has 2 rings (SSSR count). The van der Waals surface area contributed by atoms with E-state index in [0.717, 1.165) is 5.56 Å². The Balaban J connectivity index is 2.47. The summed E-state index contributed by atoms with van der Waals surface area (Å²) in [5.74, 6) is -1.52. The van der Waals surface area contributed by atoms with E-state index in [-0.39, 0.29) is 0 Å². The zero-order valence-electron chi connectivity index (χ0n) is 13.5. The van der Waals surface area contributed by atoms with Crippen molar-refractivity contribution >= 4 is 17.8 Å². The van der Waals surface area contributed by atoms with Gasteiger partial charge in [0.25, 0.3) is 0 Å². The maximum absolute atomic E-state index is 12.3. The van der Waals surface area contributed by atoms with Gasteiger partial charge in [0.1, 0.15) is 11.7 Å². The lowest BCUT2D eigenvalue weighted by Gasteiger charge is -2.36. The minimum absolute atomic E-state index is 0.479. The molecule has 0 unspecified atom stereocenters. The highest BCUT2D eigenvalue weighted by Crippen LogP contribution is 2.32. The molecule has 124 valence electrons. The fraction of sp³-hybridized carbons (Fsp3) is 0.438. The quantitative estimate of drug-likeness (QED) is 0.766. The second-order valence-corrected chi connectivity index (χ2v) is 5.23. The van der Waals surface area contributed by atoms with Crippen molar-refractivity contribution in [2.75, 3.05) is 20.2 Å². The van der Waals surface area contributed by atoms with Gasteiger partial charge in [-0.05, 0) is 30.8 Å². The smallest absolute Gasteiger partial charge is 0.328 e. The van der Waals surface area contributed by atoms with E-state index < -0.39 is 29.8 Å². The summed E-state index contributed by atoms with van der Waals surface area (Å²) in [5.41, 5.74) is 0.790. The number of urea groups is 1. The second kappa shape index (κ2) is 7.23. The third-order valence-corrected chi connectivity index (χ3v) is 4.00. The van der Waals surface area contributed by atoms with Crippen LogP contribution in [0.2, 0.25) is 0 Å². The van der Waals surface area contributed by atoms with Crippen LogP contribution in [0.25, 0.3) is 0 Å². The fourth-order valence-corrected chi connectivity index (χ4v) is 2.87. The molecule has 0 saturated carbocycles. The lowest BCUT2D eigenvalue weighted by molar-refractivity contribution is -0.139. The summed E-state index contributed by atoms with van der Waals surface area (Å²) in [4.78, 5) is 37.8. The highest BCUT2D eigenvalue weighted by molar-refractivity contribution is 6.16. The van der Waals surface area contributed by atoms with E-state index in [9.17, 15) is 14.4 Å². The molecule has 1 aliphatic rings. The van der Waals surface area contributed by atoms with E-state index >= 15 is 0 Å². The first-order valence-corrected chi connectivity index (χ1v) is 7.55. The van der Waals surface area contributed by atoms with Crippen LogP contribution < -0.4 is 15.4 Å². The number of hydrogen-bond donors (Lipinski definition) is 2. The first-order chi connectivity index (χ1) is 11.0. The molecule has 0 radical (unpaired) electrons. The number of benzene rings is 1. The fourth-order valence-electron chi connectivity index (χ4n) is 2.87. The summed E-state index contributed by atoms with van der Waals surface area (Å²) in [6.07, 6.45) is 0. The SMILES string of the molecule is CCN(CC)[C@H](c1cccc(OC)c1)C1C(=O)NC(=O)NC1=O. The summed E-state index contributed by atoms with van der Waals surface area (Å²) >= 11 is 0. The van der Waals surface area contributed by atoms with Crippen molar-refractivity contribution in [3.05, 3.63) is 29.8 Å². The van der Waals surface area contributed by atoms with Crippen molar-refractivity contribution in [2.45, 2.75) is 19.9 Å². The van der Waals surface area contributed by atoms with Crippen LogP contribution in [0.1, 0.15) is 25.5 Å². The van der Waals surface area contributed by atoms with Crippen molar-refractivity contribution in [3.8, 4) is 5.75 Å². The molecule has 1 saturated heterocycles. The average Bonchev–Trinajstić information content (AvgIpc) is 2.53. The van der Waals surface area contributed by atoms with Crippen molar-refractivity contribution in [3.63, 3.8) is 0 Å². The number of ether oxygens (including phenoxy) is 1. The number of barbiturate groups is 1. The number of nitrogens with zero attached hydrogens (tertiary/aromatic N) is 1. The summed E-state index contributed by atoms with van der Waals surface area (Å²) < 4.78 is 5.24. The van der Waals surface area contributed by atoms with Crippen LogP contribution in [0.5, 0.6) is 5.75 Å². The Hall–Kier alpha value is -2.41. The Bertz CT molecular complexity index is 593. The van der Waals surface area contributed by atoms with Crippen LogP contribution >= 0.6 is 0 Å². The lowest BCUT2D eigenvalue weighted by atomic mass is 9.88. The first-order valence-electron chi connectivity index (χ1n) is 7.55. The van der Waals surface area contributed by atoms with Gasteiger partial charge in [0.05, 0.1) is 13.2 Å². The minimum Gasteiger partial charge on any atom is -0.497 e. The Morgan fingerprint density at radius 1 is 1.13 bits per heavy atom. The van der Waals surface area contributed by atoms with Gasteiger partial charge in [0.2, 0.25) is 11.8 Å². The van der Waals surface area contributed by atoms with E-state index in [4.69, 9.17) is 4.74 Å². The van der Waals surface area contributed by atoms with Gasteiger partial charge in [-0.25, -0.2) is 4.79 Å². The number of nitrogens with one attached hydrogen (secondary N) is 2. The highest BCUT2D eigenvalue weighted by atomic mass is 16.5. The van der Waals surface area contributed by atoms with Gasteiger partial charge in [-0.2, -0.15) is 0 Å². The molecule has 1 aliphatic heterocycles. The normalized spacial score (nSPS) is 17.0. The van der Waals surface area contributed by atoms with Crippen molar-refractivity contribution in [2.24, 2.45) is 5.92 Å². The van der Waals surface area contributed by atoms with Crippen LogP contribution in [0.4, 0.5) is 4.79 Å². The Labute approximate surface area is 135 Å². The number of imide groups is 2. The van der Waals surface area contributed by atoms with Crippen LogP contribution in [-0.2, 0) is 9.59 Å². The zero-order valence-corrected chi connectivity index (χ0v) is 13.5. The Kier molecular flexibility index (Phi) is 5.33. The van der Waals surface area contributed by atoms with E-state index in [1.807, 2.05) is 30.9 Å². The van der Waals surface area contributed by atoms with Crippen LogP contribution in [0.3, 0.4) is 0 Å². The van der Waals surface area contributed by atoms with Crippen molar-refractivity contribution < 1.29 is 19.1 Å². The van der Waals surface area contributed by atoms with Crippen LogP contribution in [-0.4, -0.2) is 42.9 Å². The third-order valence-electron chi connectivity index (χ3n) is 4.00. The zero-order chi connectivity index (χ0) is 17.0. The van der Waals surface area contributed by atoms with Crippen LogP contribution in [0, 0.1) is 5.92 Å². The van der Waals surface area contributed by atoms with E-state index in [0.29, 0.717) is 18.8 Å². The van der Waals surface area contributed by atoms with E-state index in [1.165, 1.54) is 0 Å². The average molecular weight is 319 g/mol. The van der Waals surface area contributed by atoms with Gasteiger partial charge < -0.3 is 4.74 Å². The molecular weight excluding hydrogens is 298 g/mol. The number of rotatable bonds is 6. The van der Waals surface area contributed by atoms with Crippen molar-refractivity contribution in [1.82, 2.24) is 15.5 Å². The van der Waals surface area contributed by atoms with Gasteiger partial charge in [-0.15, -0.1) is 0 Å². The molecule has 23 heavy (non-hydrogen) atoms. The summed E-state index contributed by atoms with van der Waals surface area (Å²) in [6.45, 7) is 5.23. The van der Waals surface area contributed by atoms with Crippen molar-refractivity contribution in [1.29, 1.82) is 0 Å². The highest BCUT2D eigenvalue weighted by Gasteiger charge is 2.42. The third kappa shape index (κ3) is 3.50. The van der Waals surface area contributed by atoms with E-state index in [1.54, 1.807) is 19.2 Å². The summed E-state index contributed by atoms with van der Waals surface area (Å²) in [6, 6.07) is 6.01. The second-order valence-electron chi connectivity index (χ2n) is 5.23. The molecule has 2 N–H and O–H groups in total. The minimum atomic E-state index is -1.00. The molecule has 4 amide bonds. The standard InChI is InChI=1S/C16H21N3O4/c1-4-19(5-2)13(10-7-6-8-11(9-10)23-3)12-14(20)17-16(22)18-15(12)21/h6-9,12-13H,4-5H2,1-3H3,(H2,17,18,20,21,22)/t13-/m1/s1. The molecule has 7 nitrogen and oxygen atoms in total. The van der Waals surface area contributed by atoms with Crippen LogP contribution in [0.15, 0.2) is 24.3 Å². The summed E-state index contributed by atoms with van der Waals surface area (Å²) in [7, 11) is 1.56. The number of carbonyl (C=O) groups excluding carboxylic acids is 3. The van der Waals surface area contributed by atoms with E-state index in [2.05, 4.69) is 10.6 Å². The molecule has 1 heterocycles. The molecule has 1 aromatic carbocycles. The number of hydrogen-bond acceptors (Lipinski definition) is 5. The first kappa shape index (κ1) is 17.0. The maximum atomic E-state index is 12.3. The Morgan fingerprint density at radius 2 is 1.74 bits per heavy atom. The molecule has 1 atom stereocenters. The molecule has 1 fully saturated rings. The predicted molar refractivity (Wildman–Crippen MR) is 83.8 cm³/mol. The largest absolute Gasteiger partial charge is 0.497 e. The number of amides is 4. The molecular formula is C16H21N3O4. The molecule has 0 bridgehead atoms. The monoisotopic (exact) mass is 319 g/mol. The van der Waals surface area contributed by atoms with Gasteiger partial charge in [-0.1, -0.05) is 26.0 Å². The Morgan fingerprint density at radius 3 is 2.26 bits per heavy atom. The molecule has 1 aromatic rings. The molecule has 0 aliphatic carbocycles. The van der Waals surface area contributed by atoms with Gasteiger partial charge in [0.15, 0.2) is 0 Å². The van der Waals surface area contributed by atoms with Gasteiger partial charge in [0, 0.05) is 0 Å². The van der Waals surface area contributed by atoms with Gasteiger partial charge >= 0.3 is 6.03 Å². The molecule has 0 spiro atoms. The predicted octanol–water partition coefficient (Wildman–Crippen LogP) is 1.06. The molecule has 7 heteroatoms. The number of methoxy groups -OCH3 is 1. The topological polar surface area (TPSA) is 87.7 Å². The summed E-state index contributed by atoms with van der Waals surface area (Å²) in [5, 5.41) is 4.35. The maximum Gasteiger partial charge on any atom is 0.328 e. The van der Waals surface area contributed by atoms with Gasteiger partial charge in [-0.3, -0.25) is 25.1 Å². The lowest BCUT2D eigenvalue weighted by Crippen LogP contribution is -2.59. The number of carbonyl (C=O) groups is 3. The molecule has 0 aromatic heterocycles.